The van der Waals surface area contributed by atoms with E-state index in [0.717, 1.165) is 31.9 Å². The highest BCUT2D eigenvalue weighted by Crippen LogP contribution is 2.39. The van der Waals surface area contributed by atoms with Crippen LogP contribution in [0.25, 0.3) is 0 Å². The quantitative estimate of drug-likeness (QED) is 0.694. The van der Waals surface area contributed by atoms with E-state index in [9.17, 15) is 0 Å². The van der Waals surface area contributed by atoms with Crippen molar-refractivity contribution in [2.75, 3.05) is 20.8 Å². The van der Waals surface area contributed by atoms with Gasteiger partial charge in [-0.15, -0.1) is 11.3 Å². The average molecular weight is 435 g/mol. The maximum Gasteiger partial charge on any atom is 0.161 e. The summed E-state index contributed by atoms with van der Waals surface area (Å²) in [6, 6.07) is 8.29. The topological polar surface area (TPSA) is 30.5 Å². The van der Waals surface area contributed by atoms with Crippen molar-refractivity contribution in [2.24, 2.45) is 0 Å². The Balaban J connectivity index is 2.42. The molecule has 0 saturated heterocycles. The molecule has 1 atom stereocenters. The first-order valence-corrected chi connectivity index (χ1v) is 8.91. The van der Waals surface area contributed by atoms with Crippen molar-refractivity contribution in [2.45, 2.75) is 13.0 Å². The SMILES string of the molecule is CCNC(c1ccc(OC)c(OC)c1)c1cc(Br)c(Br)s1. The highest BCUT2D eigenvalue weighted by atomic mass is 79.9. The van der Waals surface area contributed by atoms with Crippen LogP contribution in [0.1, 0.15) is 23.4 Å². The van der Waals surface area contributed by atoms with Crippen LogP contribution in [0.5, 0.6) is 11.5 Å². The molecule has 0 aliphatic carbocycles. The average Bonchev–Trinajstić information content (AvgIpc) is 2.83. The Morgan fingerprint density at radius 1 is 1.14 bits per heavy atom. The Labute approximate surface area is 145 Å². The third kappa shape index (κ3) is 3.80. The number of halogens is 2. The standard InChI is InChI=1S/C15H17Br2NO2S/c1-4-18-14(13-8-10(16)15(17)21-13)9-5-6-11(19-2)12(7-9)20-3/h5-8,14,18H,4H2,1-3H3. The van der Waals surface area contributed by atoms with Gasteiger partial charge in [-0.05, 0) is 62.2 Å². The molecule has 1 unspecified atom stereocenters. The number of thiophene rings is 1. The summed E-state index contributed by atoms with van der Waals surface area (Å²) in [6.45, 7) is 2.98. The second-order valence-corrected chi connectivity index (χ2v) is 7.63. The smallest absolute Gasteiger partial charge is 0.161 e. The molecule has 0 fully saturated rings. The highest BCUT2D eigenvalue weighted by Gasteiger charge is 2.18. The second-order valence-electron chi connectivity index (χ2n) is 4.38. The van der Waals surface area contributed by atoms with Gasteiger partial charge in [0.2, 0.25) is 0 Å². The van der Waals surface area contributed by atoms with Gasteiger partial charge in [0.15, 0.2) is 11.5 Å². The molecule has 6 heteroatoms. The minimum Gasteiger partial charge on any atom is -0.493 e. The molecule has 0 aliphatic heterocycles. The first-order chi connectivity index (χ1) is 10.1. The van der Waals surface area contributed by atoms with Crippen molar-refractivity contribution in [3.8, 4) is 11.5 Å². The van der Waals surface area contributed by atoms with Gasteiger partial charge in [0.25, 0.3) is 0 Å². The number of hydrogen-bond donors (Lipinski definition) is 1. The fourth-order valence-electron chi connectivity index (χ4n) is 2.12. The van der Waals surface area contributed by atoms with E-state index in [-0.39, 0.29) is 6.04 Å². The van der Waals surface area contributed by atoms with Crippen molar-refractivity contribution in [1.29, 1.82) is 0 Å². The minimum atomic E-state index is 0.127. The van der Waals surface area contributed by atoms with Gasteiger partial charge < -0.3 is 14.8 Å². The largest absolute Gasteiger partial charge is 0.493 e. The predicted octanol–water partition coefficient (Wildman–Crippen LogP) is 4.99. The van der Waals surface area contributed by atoms with Gasteiger partial charge >= 0.3 is 0 Å². The van der Waals surface area contributed by atoms with Gasteiger partial charge in [0.05, 0.1) is 24.0 Å². The molecule has 21 heavy (non-hydrogen) atoms. The Bertz CT molecular complexity index is 596. The third-order valence-electron chi connectivity index (χ3n) is 3.10. The number of hydrogen-bond acceptors (Lipinski definition) is 4. The van der Waals surface area contributed by atoms with Crippen LogP contribution in [0.15, 0.2) is 32.5 Å². The molecule has 0 spiro atoms. The molecule has 0 amide bonds. The maximum absolute atomic E-state index is 5.40. The maximum atomic E-state index is 5.40. The number of methoxy groups -OCH3 is 2. The number of rotatable bonds is 6. The van der Waals surface area contributed by atoms with E-state index in [0.29, 0.717) is 0 Å². The van der Waals surface area contributed by atoms with Gasteiger partial charge in [0.1, 0.15) is 0 Å². The molecule has 0 bridgehead atoms. The van der Waals surface area contributed by atoms with Gasteiger partial charge in [-0.1, -0.05) is 13.0 Å². The molecule has 114 valence electrons. The van der Waals surface area contributed by atoms with E-state index in [2.05, 4.69) is 56.2 Å². The van der Waals surface area contributed by atoms with Crippen molar-refractivity contribution >= 4 is 43.2 Å². The van der Waals surface area contributed by atoms with Crippen LogP contribution in [-0.2, 0) is 0 Å². The molecular formula is C15H17Br2NO2S. The molecule has 1 aromatic carbocycles. The monoisotopic (exact) mass is 433 g/mol. The molecular weight excluding hydrogens is 418 g/mol. The first-order valence-electron chi connectivity index (χ1n) is 6.50. The first kappa shape index (κ1) is 16.8. The Morgan fingerprint density at radius 2 is 1.86 bits per heavy atom. The van der Waals surface area contributed by atoms with Crippen LogP contribution < -0.4 is 14.8 Å². The number of ether oxygens (including phenoxy) is 2. The number of benzene rings is 1. The fourth-order valence-corrected chi connectivity index (χ4v) is 4.32. The molecule has 0 saturated carbocycles. The van der Waals surface area contributed by atoms with Gasteiger partial charge in [-0.3, -0.25) is 0 Å². The van der Waals surface area contributed by atoms with Crippen molar-refractivity contribution in [3.63, 3.8) is 0 Å². The van der Waals surface area contributed by atoms with E-state index in [1.54, 1.807) is 25.6 Å². The van der Waals surface area contributed by atoms with Crippen LogP contribution in [-0.4, -0.2) is 20.8 Å². The molecule has 2 aromatic rings. The van der Waals surface area contributed by atoms with Crippen LogP contribution in [0.2, 0.25) is 0 Å². The summed E-state index contributed by atoms with van der Waals surface area (Å²) in [6.07, 6.45) is 0. The normalized spacial score (nSPS) is 12.2. The molecule has 1 N–H and O–H groups in total. The lowest BCUT2D eigenvalue weighted by Crippen LogP contribution is -2.21. The number of nitrogens with one attached hydrogen (secondary N) is 1. The van der Waals surface area contributed by atoms with Gasteiger partial charge in [-0.25, -0.2) is 0 Å². The zero-order valence-corrected chi connectivity index (χ0v) is 16.1. The van der Waals surface area contributed by atoms with Crippen LogP contribution >= 0.6 is 43.2 Å². The zero-order valence-electron chi connectivity index (χ0n) is 12.1. The fraction of sp³-hybridized carbons (Fsp3) is 0.333. The summed E-state index contributed by atoms with van der Waals surface area (Å²) in [7, 11) is 3.30. The van der Waals surface area contributed by atoms with E-state index < -0.39 is 0 Å². The van der Waals surface area contributed by atoms with Crippen molar-refractivity contribution in [1.82, 2.24) is 5.32 Å². The highest BCUT2D eigenvalue weighted by molar-refractivity contribution is 9.13. The lowest BCUT2D eigenvalue weighted by Gasteiger charge is -2.18. The predicted molar refractivity (Wildman–Crippen MR) is 94.8 cm³/mol. The second kappa shape index (κ2) is 7.63. The Kier molecular flexibility index (Phi) is 6.10. The summed E-state index contributed by atoms with van der Waals surface area (Å²) in [4.78, 5) is 1.24. The lowest BCUT2D eigenvalue weighted by atomic mass is 10.0. The molecule has 2 rings (SSSR count). The van der Waals surface area contributed by atoms with Crippen LogP contribution in [0.4, 0.5) is 0 Å². The van der Waals surface area contributed by atoms with E-state index in [1.807, 2.05) is 12.1 Å². The van der Waals surface area contributed by atoms with Crippen molar-refractivity contribution in [3.05, 3.63) is 43.0 Å². The summed E-state index contributed by atoms with van der Waals surface area (Å²) in [5.41, 5.74) is 1.15. The van der Waals surface area contributed by atoms with Crippen LogP contribution in [0, 0.1) is 0 Å². The van der Waals surface area contributed by atoms with Gasteiger partial charge in [0, 0.05) is 9.35 Å². The summed E-state index contributed by atoms with van der Waals surface area (Å²) in [5, 5.41) is 3.52. The lowest BCUT2D eigenvalue weighted by molar-refractivity contribution is 0.354. The molecule has 3 nitrogen and oxygen atoms in total. The summed E-state index contributed by atoms with van der Waals surface area (Å²) in [5.74, 6) is 1.48. The molecule has 1 heterocycles. The summed E-state index contributed by atoms with van der Waals surface area (Å²) < 4.78 is 12.9. The van der Waals surface area contributed by atoms with E-state index in [1.165, 1.54) is 4.88 Å². The zero-order chi connectivity index (χ0) is 15.4. The Morgan fingerprint density at radius 3 is 2.38 bits per heavy atom. The molecule has 0 aliphatic rings. The van der Waals surface area contributed by atoms with E-state index >= 15 is 0 Å². The van der Waals surface area contributed by atoms with Gasteiger partial charge in [-0.2, -0.15) is 0 Å². The molecule has 1 aromatic heterocycles. The summed E-state index contributed by atoms with van der Waals surface area (Å²) >= 11 is 8.82. The molecule has 0 radical (unpaired) electrons. The van der Waals surface area contributed by atoms with Crippen molar-refractivity contribution < 1.29 is 9.47 Å². The Hall–Kier alpha value is -0.560. The van der Waals surface area contributed by atoms with E-state index in [4.69, 9.17) is 9.47 Å². The third-order valence-corrected chi connectivity index (χ3v) is 6.42. The minimum absolute atomic E-state index is 0.127. The van der Waals surface area contributed by atoms with Crippen LogP contribution in [0.3, 0.4) is 0 Å².